The van der Waals surface area contributed by atoms with Crippen LogP contribution in [0, 0.1) is 0 Å². The number of fused-ring (bicyclic) bond motifs is 1. The predicted molar refractivity (Wildman–Crippen MR) is 65.5 cm³/mol. The summed E-state index contributed by atoms with van der Waals surface area (Å²) < 4.78 is 5.55. The van der Waals surface area contributed by atoms with Crippen molar-refractivity contribution in [3.8, 4) is 17.4 Å². The average Bonchev–Trinajstić information content (AvgIpc) is 2.41. The average molecular weight is 239 g/mol. The molecule has 2 heterocycles. The van der Waals surface area contributed by atoms with Gasteiger partial charge in [0.05, 0.1) is 0 Å². The largest absolute Gasteiger partial charge is 0.508 e. The fraction of sp³-hybridized carbons (Fsp3) is 0. The van der Waals surface area contributed by atoms with Crippen LogP contribution in [0.3, 0.4) is 0 Å². The number of pyridine rings is 1. The van der Waals surface area contributed by atoms with Crippen LogP contribution in [-0.4, -0.2) is 20.1 Å². The predicted octanol–water partition coefficient (Wildman–Crippen LogP) is 2.52. The molecule has 1 aromatic carbocycles. The van der Waals surface area contributed by atoms with Gasteiger partial charge >= 0.3 is 0 Å². The summed E-state index contributed by atoms with van der Waals surface area (Å²) in [5, 5.41) is 9.17. The maximum atomic E-state index is 9.17. The van der Waals surface area contributed by atoms with Gasteiger partial charge in [-0.15, -0.1) is 0 Å². The van der Waals surface area contributed by atoms with Gasteiger partial charge in [0.1, 0.15) is 17.0 Å². The Labute approximate surface area is 103 Å². The normalized spacial score (nSPS) is 10.4. The summed E-state index contributed by atoms with van der Waals surface area (Å²) in [4.78, 5) is 12.5. The minimum Gasteiger partial charge on any atom is -0.508 e. The maximum Gasteiger partial charge on any atom is 0.221 e. The Morgan fingerprint density at radius 3 is 2.50 bits per heavy atom. The zero-order valence-corrected chi connectivity index (χ0v) is 9.32. The number of nitrogens with zero attached hydrogens (tertiary/aromatic N) is 3. The molecule has 0 radical (unpaired) electrons. The monoisotopic (exact) mass is 239 g/mol. The first-order chi connectivity index (χ1) is 8.81. The lowest BCUT2D eigenvalue weighted by atomic mass is 10.3. The number of phenolic OH excluding ortho intramolecular Hbond substituents is 1. The van der Waals surface area contributed by atoms with Crippen LogP contribution in [0.4, 0.5) is 0 Å². The van der Waals surface area contributed by atoms with Gasteiger partial charge in [0.15, 0.2) is 5.65 Å². The Balaban J connectivity index is 1.92. The molecular weight excluding hydrogens is 230 g/mol. The SMILES string of the molecule is Oc1ccc(Oc2ccc3nccnc3n2)cc1. The Morgan fingerprint density at radius 1 is 0.889 bits per heavy atom. The molecule has 2 aromatic heterocycles. The van der Waals surface area contributed by atoms with Gasteiger partial charge < -0.3 is 9.84 Å². The molecular formula is C13H9N3O2. The standard InChI is InChI=1S/C13H9N3O2/c17-9-1-3-10(4-2-9)18-12-6-5-11-13(16-12)15-8-7-14-11/h1-8,17H. The minimum atomic E-state index is 0.194. The molecule has 0 aliphatic carbocycles. The summed E-state index contributed by atoms with van der Waals surface area (Å²) in [7, 11) is 0. The highest BCUT2D eigenvalue weighted by Crippen LogP contribution is 2.22. The Bertz CT molecular complexity index is 683. The van der Waals surface area contributed by atoms with Crippen molar-refractivity contribution in [1.29, 1.82) is 0 Å². The Hall–Kier alpha value is -2.69. The first kappa shape index (κ1) is 10.5. The zero-order valence-electron chi connectivity index (χ0n) is 9.32. The molecule has 0 fully saturated rings. The van der Waals surface area contributed by atoms with Crippen molar-refractivity contribution in [3.63, 3.8) is 0 Å². The van der Waals surface area contributed by atoms with E-state index in [0.29, 0.717) is 17.3 Å². The van der Waals surface area contributed by atoms with Gasteiger partial charge in [-0.2, -0.15) is 4.98 Å². The number of hydrogen-bond donors (Lipinski definition) is 1. The van der Waals surface area contributed by atoms with Crippen LogP contribution in [-0.2, 0) is 0 Å². The van der Waals surface area contributed by atoms with Crippen molar-refractivity contribution in [3.05, 3.63) is 48.8 Å². The molecule has 0 saturated carbocycles. The number of aromatic nitrogens is 3. The lowest BCUT2D eigenvalue weighted by Crippen LogP contribution is -1.91. The molecule has 0 amide bonds. The molecule has 0 aliphatic rings. The molecule has 0 bridgehead atoms. The van der Waals surface area contributed by atoms with Gasteiger partial charge in [0.2, 0.25) is 5.88 Å². The lowest BCUT2D eigenvalue weighted by Gasteiger charge is -2.04. The summed E-state index contributed by atoms with van der Waals surface area (Å²) in [6.45, 7) is 0. The van der Waals surface area contributed by atoms with Crippen molar-refractivity contribution in [2.75, 3.05) is 0 Å². The highest BCUT2D eigenvalue weighted by atomic mass is 16.5. The summed E-state index contributed by atoms with van der Waals surface area (Å²) in [6.07, 6.45) is 3.20. The second-order valence-electron chi connectivity index (χ2n) is 3.64. The van der Waals surface area contributed by atoms with Crippen LogP contribution >= 0.6 is 0 Å². The fourth-order valence-corrected chi connectivity index (χ4v) is 1.53. The van der Waals surface area contributed by atoms with Gasteiger partial charge in [-0.1, -0.05) is 0 Å². The zero-order chi connectivity index (χ0) is 12.4. The van der Waals surface area contributed by atoms with E-state index in [-0.39, 0.29) is 5.75 Å². The maximum absolute atomic E-state index is 9.17. The number of hydrogen-bond acceptors (Lipinski definition) is 5. The molecule has 0 saturated heterocycles. The van der Waals surface area contributed by atoms with E-state index in [1.54, 1.807) is 48.8 Å². The van der Waals surface area contributed by atoms with Gasteiger partial charge in [-0.25, -0.2) is 4.98 Å². The number of rotatable bonds is 2. The van der Waals surface area contributed by atoms with Gasteiger partial charge in [-0.05, 0) is 30.3 Å². The van der Waals surface area contributed by atoms with Crippen molar-refractivity contribution < 1.29 is 9.84 Å². The molecule has 3 rings (SSSR count). The van der Waals surface area contributed by atoms with E-state index in [4.69, 9.17) is 4.74 Å². The molecule has 0 aliphatic heterocycles. The highest BCUT2D eigenvalue weighted by molar-refractivity contribution is 5.69. The Morgan fingerprint density at radius 2 is 1.67 bits per heavy atom. The number of phenols is 1. The van der Waals surface area contributed by atoms with Crippen molar-refractivity contribution in [2.45, 2.75) is 0 Å². The van der Waals surface area contributed by atoms with Crippen LogP contribution in [0.1, 0.15) is 0 Å². The first-order valence-corrected chi connectivity index (χ1v) is 5.36. The van der Waals surface area contributed by atoms with E-state index in [1.165, 1.54) is 0 Å². The highest BCUT2D eigenvalue weighted by Gasteiger charge is 2.02. The molecule has 0 spiro atoms. The van der Waals surface area contributed by atoms with Gasteiger partial charge in [-0.3, -0.25) is 4.98 Å². The second kappa shape index (κ2) is 4.29. The molecule has 5 heteroatoms. The van der Waals surface area contributed by atoms with Crippen molar-refractivity contribution in [2.24, 2.45) is 0 Å². The lowest BCUT2D eigenvalue weighted by molar-refractivity contribution is 0.455. The molecule has 3 aromatic rings. The van der Waals surface area contributed by atoms with E-state index in [1.807, 2.05) is 0 Å². The van der Waals surface area contributed by atoms with E-state index in [0.717, 1.165) is 5.52 Å². The van der Waals surface area contributed by atoms with Crippen LogP contribution in [0.2, 0.25) is 0 Å². The fourth-order valence-electron chi connectivity index (χ4n) is 1.53. The van der Waals surface area contributed by atoms with Crippen molar-refractivity contribution in [1.82, 2.24) is 15.0 Å². The van der Waals surface area contributed by atoms with E-state index in [9.17, 15) is 5.11 Å². The number of benzene rings is 1. The van der Waals surface area contributed by atoms with Crippen molar-refractivity contribution >= 4 is 11.2 Å². The third kappa shape index (κ3) is 2.06. The molecule has 1 N–H and O–H groups in total. The first-order valence-electron chi connectivity index (χ1n) is 5.36. The molecule has 5 nitrogen and oxygen atoms in total. The number of aromatic hydroxyl groups is 1. The molecule has 88 valence electrons. The van der Waals surface area contributed by atoms with E-state index in [2.05, 4.69) is 15.0 Å². The Kier molecular flexibility index (Phi) is 2.49. The molecule has 18 heavy (non-hydrogen) atoms. The van der Waals surface area contributed by atoms with Crippen LogP contribution < -0.4 is 4.74 Å². The molecule has 0 atom stereocenters. The van der Waals surface area contributed by atoms with Gasteiger partial charge in [0, 0.05) is 18.5 Å². The number of ether oxygens (including phenoxy) is 1. The minimum absolute atomic E-state index is 0.194. The summed E-state index contributed by atoms with van der Waals surface area (Å²) in [6, 6.07) is 9.96. The van der Waals surface area contributed by atoms with E-state index >= 15 is 0 Å². The van der Waals surface area contributed by atoms with Crippen LogP contribution in [0.5, 0.6) is 17.4 Å². The second-order valence-corrected chi connectivity index (χ2v) is 3.64. The smallest absolute Gasteiger partial charge is 0.221 e. The third-order valence-electron chi connectivity index (χ3n) is 2.37. The quantitative estimate of drug-likeness (QED) is 0.744. The molecule has 0 unspecified atom stereocenters. The third-order valence-corrected chi connectivity index (χ3v) is 2.37. The van der Waals surface area contributed by atoms with Gasteiger partial charge in [0.25, 0.3) is 0 Å². The summed E-state index contributed by atoms with van der Waals surface area (Å²) in [5.41, 5.74) is 1.25. The summed E-state index contributed by atoms with van der Waals surface area (Å²) >= 11 is 0. The topological polar surface area (TPSA) is 68.1 Å². The summed E-state index contributed by atoms with van der Waals surface area (Å²) in [5.74, 6) is 1.23. The van der Waals surface area contributed by atoms with E-state index < -0.39 is 0 Å². The van der Waals surface area contributed by atoms with Crippen LogP contribution in [0.15, 0.2) is 48.8 Å². The van der Waals surface area contributed by atoms with Crippen LogP contribution in [0.25, 0.3) is 11.2 Å².